The number of fused-ring (bicyclic) bond motifs is 1. The topological polar surface area (TPSA) is 233 Å². The molecule has 0 aliphatic heterocycles. The Morgan fingerprint density at radius 2 is 1.53 bits per heavy atom. The molecule has 11 N–H and O–H groups in total. The number of phenolic OH excluding ortho intramolecular Hbond substituents is 1. The van der Waals surface area contributed by atoms with Gasteiger partial charge in [0.15, 0.2) is 11.7 Å². The van der Waals surface area contributed by atoms with E-state index in [1.165, 1.54) is 37.7 Å². The van der Waals surface area contributed by atoms with Crippen LogP contribution in [0.3, 0.4) is 0 Å². The van der Waals surface area contributed by atoms with Gasteiger partial charge in [0.05, 0.1) is 12.1 Å². The molecule has 0 spiro atoms. The SMILES string of the molecule is Cc1cc(O)cc(C)c1C[C@H](CC(=O)[C@H](N)CCCN=C(N)N)C(=O)N[C@@H](Cc1c[nH]c2ccccc12)C(=O)C[C@@H](Cc1ccc(C2CCCCC2)cc1)C(N)=O. The number of guanidine groups is 1. The molecule has 57 heavy (non-hydrogen) atoms. The highest BCUT2D eigenvalue weighted by Gasteiger charge is 2.32. The summed E-state index contributed by atoms with van der Waals surface area (Å²) < 4.78 is 0. The fraction of sp³-hybridized carbons (Fsp3) is 0.444. The lowest BCUT2D eigenvalue weighted by atomic mass is 9.83. The van der Waals surface area contributed by atoms with Gasteiger partial charge in [-0.2, -0.15) is 0 Å². The number of para-hydroxylation sites is 1. The number of benzene rings is 3. The van der Waals surface area contributed by atoms with Crippen molar-refractivity contribution in [1.29, 1.82) is 0 Å². The number of hydrogen-bond acceptors (Lipinski definition) is 7. The van der Waals surface area contributed by atoms with Crippen molar-refractivity contribution in [3.05, 3.63) is 100 Å². The number of carbonyl (C=O) groups is 4. The summed E-state index contributed by atoms with van der Waals surface area (Å²) in [6.07, 6.45) is 8.98. The number of Topliss-reactive ketones (excluding diaryl/α,β-unsaturated/α-hetero) is 2. The lowest BCUT2D eigenvalue weighted by molar-refractivity contribution is -0.133. The van der Waals surface area contributed by atoms with Gasteiger partial charge in [0.1, 0.15) is 11.5 Å². The number of primary amides is 1. The number of aryl methyl sites for hydroxylation is 2. The summed E-state index contributed by atoms with van der Waals surface area (Å²) in [6, 6.07) is 17.3. The van der Waals surface area contributed by atoms with E-state index < -0.39 is 35.7 Å². The lowest BCUT2D eigenvalue weighted by Crippen LogP contribution is -2.47. The number of hydrogen-bond donors (Lipinski definition) is 7. The quantitative estimate of drug-likeness (QED) is 0.0363. The van der Waals surface area contributed by atoms with Crippen molar-refractivity contribution >= 4 is 40.2 Å². The fourth-order valence-electron chi connectivity index (χ4n) is 8.23. The Bertz CT molecular complexity index is 2020. The molecule has 1 saturated carbocycles. The van der Waals surface area contributed by atoms with E-state index in [-0.39, 0.29) is 55.4 Å². The Morgan fingerprint density at radius 1 is 0.860 bits per heavy atom. The van der Waals surface area contributed by atoms with Crippen LogP contribution >= 0.6 is 0 Å². The normalized spacial score (nSPS) is 15.4. The van der Waals surface area contributed by atoms with E-state index in [9.17, 15) is 24.3 Å². The first-order chi connectivity index (χ1) is 27.3. The molecule has 1 heterocycles. The number of rotatable bonds is 20. The first-order valence-corrected chi connectivity index (χ1v) is 20.2. The molecule has 12 heteroatoms. The highest BCUT2D eigenvalue weighted by atomic mass is 16.3. The average Bonchev–Trinajstić information content (AvgIpc) is 3.59. The van der Waals surface area contributed by atoms with Crippen molar-refractivity contribution in [2.45, 2.75) is 109 Å². The monoisotopic (exact) mass is 777 g/mol. The summed E-state index contributed by atoms with van der Waals surface area (Å²) >= 11 is 0. The smallest absolute Gasteiger partial charge is 0.224 e. The minimum absolute atomic E-state index is 0.0475. The van der Waals surface area contributed by atoms with Gasteiger partial charge in [-0.1, -0.05) is 61.7 Å². The third-order valence-corrected chi connectivity index (χ3v) is 11.5. The summed E-state index contributed by atoms with van der Waals surface area (Å²) in [4.78, 5) is 62.5. The summed E-state index contributed by atoms with van der Waals surface area (Å²) in [6.45, 7) is 3.99. The van der Waals surface area contributed by atoms with Crippen LogP contribution in [0.1, 0.15) is 97.1 Å². The highest BCUT2D eigenvalue weighted by molar-refractivity contribution is 5.95. The zero-order valence-corrected chi connectivity index (χ0v) is 33.3. The minimum Gasteiger partial charge on any atom is -0.508 e. The molecule has 4 aromatic rings. The predicted molar refractivity (Wildman–Crippen MR) is 224 cm³/mol. The van der Waals surface area contributed by atoms with Gasteiger partial charge in [-0.15, -0.1) is 0 Å². The van der Waals surface area contributed by atoms with Crippen LogP contribution in [0.2, 0.25) is 0 Å². The van der Waals surface area contributed by atoms with E-state index in [4.69, 9.17) is 22.9 Å². The molecule has 2 amide bonds. The van der Waals surface area contributed by atoms with Crippen LogP contribution in [-0.2, 0) is 38.4 Å². The van der Waals surface area contributed by atoms with Crippen LogP contribution in [0, 0.1) is 25.7 Å². The second kappa shape index (κ2) is 20.1. The third-order valence-electron chi connectivity index (χ3n) is 11.5. The van der Waals surface area contributed by atoms with Gasteiger partial charge in [-0.25, -0.2) is 0 Å². The molecule has 0 unspecified atom stereocenters. The van der Waals surface area contributed by atoms with Crippen molar-refractivity contribution in [3.63, 3.8) is 0 Å². The van der Waals surface area contributed by atoms with Crippen LogP contribution in [0.4, 0.5) is 0 Å². The zero-order chi connectivity index (χ0) is 41.1. The van der Waals surface area contributed by atoms with Gasteiger partial charge in [0.25, 0.3) is 0 Å². The number of nitrogens with zero attached hydrogens (tertiary/aromatic N) is 1. The number of nitrogens with one attached hydrogen (secondary N) is 2. The Morgan fingerprint density at radius 3 is 2.19 bits per heavy atom. The Labute approximate surface area is 335 Å². The number of phenols is 1. The number of ketones is 2. The molecule has 1 aliphatic carbocycles. The fourth-order valence-corrected chi connectivity index (χ4v) is 8.23. The molecule has 1 fully saturated rings. The number of aliphatic imine (C=N–C) groups is 1. The summed E-state index contributed by atoms with van der Waals surface area (Å²) in [5, 5.41) is 14.1. The second-order valence-corrected chi connectivity index (χ2v) is 15.9. The van der Waals surface area contributed by atoms with E-state index in [1.54, 1.807) is 12.1 Å². The Hall–Kier alpha value is -5.49. The number of aromatic nitrogens is 1. The number of amides is 2. The molecule has 5 rings (SSSR count). The van der Waals surface area contributed by atoms with Crippen molar-refractivity contribution in [1.82, 2.24) is 10.3 Å². The predicted octanol–water partition coefficient (Wildman–Crippen LogP) is 5.07. The van der Waals surface area contributed by atoms with Crippen LogP contribution in [-0.4, -0.2) is 58.1 Å². The number of nitrogens with two attached hydrogens (primary N) is 4. The first-order valence-electron chi connectivity index (χ1n) is 20.2. The largest absolute Gasteiger partial charge is 0.508 e. The van der Waals surface area contributed by atoms with Gasteiger partial charge >= 0.3 is 0 Å². The summed E-state index contributed by atoms with van der Waals surface area (Å²) in [5.74, 6) is -2.82. The van der Waals surface area contributed by atoms with Gasteiger partial charge < -0.3 is 38.3 Å². The van der Waals surface area contributed by atoms with Crippen molar-refractivity contribution < 1.29 is 24.3 Å². The van der Waals surface area contributed by atoms with Crippen molar-refractivity contribution in [2.75, 3.05) is 6.54 Å². The van der Waals surface area contributed by atoms with E-state index >= 15 is 0 Å². The Kier molecular flexibility index (Phi) is 15.0. The van der Waals surface area contributed by atoms with Crippen LogP contribution in [0.15, 0.2) is 71.9 Å². The molecule has 1 aromatic heterocycles. The highest BCUT2D eigenvalue weighted by Crippen LogP contribution is 2.33. The van der Waals surface area contributed by atoms with Crippen LogP contribution < -0.4 is 28.3 Å². The van der Waals surface area contributed by atoms with E-state index in [0.29, 0.717) is 25.3 Å². The number of carbonyl (C=O) groups excluding carboxylic acids is 4. The summed E-state index contributed by atoms with van der Waals surface area (Å²) in [7, 11) is 0. The molecule has 0 radical (unpaired) electrons. The molecule has 304 valence electrons. The van der Waals surface area contributed by atoms with Gasteiger partial charge in [0, 0.05) is 54.7 Å². The minimum atomic E-state index is -1.03. The maximum Gasteiger partial charge on any atom is 0.224 e. The molecule has 0 saturated heterocycles. The molecule has 12 nitrogen and oxygen atoms in total. The van der Waals surface area contributed by atoms with Crippen molar-refractivity contribution in [3.8, 4) is 5.75 Å². The average molecular weight is 778 g/mol. The third kappa shape index (κ3) is 12.0. The first kappa shape index (κ1) is 42.6. The Balaban J connectivity index is 1.39. The van der Waals surface area contributed by atoms with Crippen LogP contribution in [0.5, 0.6) is 5.75 Å². The van der Waals surface area contributed by atoms with Crippen molar-refractivity contribution in [2.24, 2.45) is 39.8 Å². The molecule has 3 aromatic carbocycles. The molecule has 0 bridgehead atoms. The van der Waals surface area contributed by atoms with E-state index in [1.807, 2.05) is 56.4 Å². The summed E-state index contributed by atoms with van der Waals surface area (Å²) in [5.41, 5.74) is 29.4. The van der Waals surface area contributed by atoms with Gasteiger partial charge in [-0.05, 0) is 110 Å². The molecule has 4 atom stereocenters. The lowest BCUT2D eigenvalue weighted by Gasteiger charge is -2.25. The van der Waals surface area contributed by atoms with Gasteiger partial charge in [0.2, 0.25) is 11.8 Å². The number of H-pyrrole nitrogens is 1. The van der Waals surface area contributed by atoms with Crippen LogP contribution in [0.25, 0.3) is 10.9 Å². The molecular weight excluding hydrogens is 719 g/mol. The second-order valence-electron chi connectivity index (χ2n) is 15.9. The van der Waals surface area contributed by atoms with Gasteiger partial charge in [-0.3, -0.25) is 24.2 Å². The number of aromatic amines is 1. The van der Waals surface area contributed by atoms with E-state index in [2.05, 4.69) is 27.4 Å². The number of aromatic hydroxyl groups is 1. The molecular formula is C45H59N7O5. The van der Waals surface area contributed by atoms with E-state index in [0.717, 1.165) is 38.7 Å². The zero-order valence-electron chi connectivity index (χ0n) is 33.3. The molecule has 1 aliphatic rings. The maximum absolute atomic E-state index is 14.5. The maximum atomic E-state index is 14.5. The standard InChI is InChI=1S/C45H59N7O5/c1-27-19-35(53)20-28(2)37(27)22-33(25-41(54)38(46)12-8-18-50-45(48)49)44(57)52-40(23-34-26-51-39-13-7-6-11-36(34)39)42(55)24-32(43(47)56)21-29-14-16-31(17-15-29)30-9-4-3-5-10-30/h6-7,11,13-17,19-20,26,30,32-33,38,40,51,53H,3-5,8-10,12,18,21-25,46H2,1-2H3,(H2,47,56)(H,52,57)(H4,48,49,50)/t32-,33-,38-,40+/m1/s1.